The van der Waals surface area contributed by atoms with Crippen LogP contribution in [0, 0.1) is 5.41 Å². The zero-order valence-corrected chi connectivity index (χ0v) is 21.0. The number of ketones is 1. The smallest absolute Gasteiger partial charge is 0.337 e. The summed E-state index contributed by atoms with van der Waals surface area (Å²) in [5, 5.41) is 16.0. The average Bonchev–Trinajstić information content (AvgIpc) is 3.32. The maximum Gasteiger partial charge on any atom is 0.337 e. The Bertz CT molecular complexity index is 1350. The van der Waals surface area contributed by atoms with Gasteiger partial charge in [-0.2, -0.15) is 0 Å². The maximum atomic E-state index is 13.3. The number of aromatic amines is 1. The molecule has 0 aliphatic rings. The van der Waals surface area contributed by atoms with E-state index < -0.39 is 41.6 Å². The molecule has 3 aromatic rings. The summed E-state index contributed by atoms with van der Waals surface area (Å²) >= 11 is 0. The lowest BCUT2D eigenvalue weighted by Crippen LogP contribution is -2.53. The molecule has 0 bridgehead atoms. The second-order valence-corrected chi connectivity index (χ2v) is 8.59. The lowest BCUT2D eigenvalue weighted by molar-refractivity contribution is -0.130. The largest absolute Gasteiger partial charge is 0.465 e. The predicted octanol–water partition coefficient (Wildman–Crippen LogP) is 2.12. The van der Waals surface area contributed by atoms with Crippen LogP contribution >= 0.6 is 0 Å². The van der Waals surface area contributed by atoms with Crippen molar-refractivity contribution in [3.8, 4) is 0 Å². The van der Waals surface area contributed by atoms with E-state index in [9.17, 15) is 24.0 Å². The molecule has 198 valence electrons. The molecule has 11 nitrogen and oxygen atoms in total. The third-order valence-electron chi connectivity index (χ3n) is 5.84. The first-order chi connectivity index (χ1) is 18.2. The second-order valence-electron chi connectivity index (χ2n) is 8.59. The molecule has 2 atom stereocenters. The summed E-state index contributed by atoms with van der Waals surface area (Å²) in [4.78, 5) is 64.7. The molecule has 0 saturated carbocycles. The van der Waals surface area contributed by atoms with Crippen LogP contribution in [-0.2, 0) is 30.3 Å². The molecule has 0 saturated heterocycles. The number of hydrogen-bond donors (Lipinski definition) is 5. The van der Waals surface area contributed by atoms with E-state index in [1.165, 1.54) is 38.3 Å². The average molecular weight is 520 g/mol. The van der Waals surface area contributed by atoms with Gasteiger partial charge in [0, 0.05) is 42.6 Å². The van der Waals surface area contributed by atoms with Gasteiger partial charge in [-0.15, -0.1) is 0 Å². The van der Waals surface area contributed by atoms with Gasteiger partial charge in [0.2, 0.25) is 17.7 Å². The van der Waals surface area contributed by atoms with E-state index in [2.05, 4.69) is 25.7 Å². The van der Waals surface area contributed by atoms with Crippen molar-refractivity contribution in [2.24, 2.45) is 0 Å². The van der Waals surface area contributed by atoms with Crippen LogP contribution in [0.4, 0.5) is 5.69 Å². The number of amides is 3. The highest BCUT2D eigenvalue weighted by atomic mass is 16.5. The quantitative estimate of drug-likeness (QED) is 0.181. The van der Waals surface area contributed by atoms with Crippen LogP contribution in [0.3, 0.4) is 0 Å². The van der Waals surface area contributed by atoms with E-state index in [1.807, 2.05) is 24.3 Å². The highest BCUT2D eigenvalue weighted by molar-refractivity contribution is 6.26. The van der Waals surface area contributed by atoms with Crippen molar-refractivity contribution in [2.75, 3.05) is 12.4 Å². The van der Waals surface area contributed by atoms with Gasteiger partial charge in [0.25, 0.3) is 0 Å². The summed E-state index contributed by atoms with van der Waals surface area (Å²) in [6.45, 7) is 1.29. The Morgan fingerprint density at radius 3 is 2.34 bits per heavy atom. The molecule has 3 amide bonds. The number of carbonyl (C=O) groups is 5. The van der Waals surface area contributed by atoms with Gasteiger partial charge in [0.05, 0.1) is 18.9 Å². The van der Waals surface area contributed by atoms with E-state index in [1.54, 1.807) is 6.20 Å². The molecule has 0 spiro atoms. The minimum atomic E-state index is -1.13. The van der Waals surface area contributed by atoms with Crippen molar-refractivity contribution in [3.05, 3.63) is 65.9 Å². The van der Waals surface area contributed by atoms with Crippen LogP contribution in [0.2, 0.25) is 0 Å². The summed E-state index contributed by atoms with van der Waals surface area (Å²) in [5.41, 5.74) is 2.34. The zero-order valence-electron chi connectivity index (χ0n) is 21.0. The Balaban J connectivity index is 1.78. The van der Waals surface area contributed by atoms with Gasteiger partial charge in [-0.25, -0.2) is 4.79 Å². The van der Waals surface area contributed by atoms with E-state index in [0.29, 0.717) is 17.5 Å². The van der Waals surface area contributed by atoms with E-state index >= 15 is 0 Å². The fourth-order valence-electron chi connectivity index (χ4n) is 3.91. The van der Waals surface area contributed by atoms with Gasteiger partial charge in [0.1, 0.15) is 12.1 Å². The molecule has 2 aromatic carbocycles. The highest BCUT2D eigenvalue weighted by Gasteiger charge is 2.27. The number of esters is 1. The standard InChI is InChI=1S/C27H29N5O6/c1-16(33)30-24(13-18-15-29-22-6-4-3-5-21(18)22)26(36)32-23(12-11-20(34)14-28)25(35)31-19-9-7-17(8-10-19)27(37)38-2/h3-10,14-15,23-24,28-29H,11-13H2,1-2H3,(H,30,33)(H,31,35)(H,32,36)/t23?,24-/m0/s1. The lowest BCUT2D eigenvalue weighted by Gasteiger charge is -2.23. The van der Waals surface area contributed by atoms with Crippen LogP contribution < -0.4 is 16.0 Å². The number of nitrogens with one attached hydrogen (secondary N) is 5. The molecule has 1 unspecified atom stereocenters. The molecule has 0 aliphatic heterocycles. The molecule has 38 heavy (non-hydrogen) atoms. The van der Waals surface area contributed by atoms with Gasteiger partial charge in [-0.3, -0.25) is 19.2 Å². The third kappa shape index (κ3) is 7.36. The fourth-order valence-corrected chi connectivity index (χ4v) is 3.91. The van der Waals surface area contributed by atoms with E-state index in [0.717, 1.165) is 16.5 Å². The molecule has 0 radical (unpaired) electrons. The summed E-state index contributed by atoms with van der Waals surface area (Å²) < 4.78 is 4.66. The number of rotatable bonds is 12. The first-order valence-corrected chi connectivity index (χ1v) is 11.9. The Labute approximate surface area is 218 Å². The van der Waals surface area contributed by atoms with Crippen molar-refractivity contribution in [3.63, 3.8) is 0 Å². The Morgan fingerprint density at radius 1 is 0.974 bits per heavy atom. The molecule has 5 N–H and O–H groups in total. The van der Waals surface area contributed by atoms with Crippen molar-refractivity contribution < 1.29 is 28.7 Å². The molecule has 0 fully saturated rings. The number of anilines is 1. The van der Waals surface area contributed by atoms with Crippen LogP contribution in [0.1, 0.15) is 35.7 Å². The van der Waals surface area contributed by atoms with Crippen molar-refractivity contribution in [1.82, 2.24) is 15.6 Å². The van der Waals surface area contributed by atoms with Crippen LogP contribution in [0.25, 0.3) is 10.9 Å². The maximum absolute atomic E-state index is 13.3. The van der Waals surface area contributed by atoms with Gasteiger partial charge < -0.3 is 31.1 Å². The van der Waals surface area contributed by atoms with Crippen molar-refractivity contribution in [2.45, 2.75) is 38.3 Å². The van der Waals surface area contributed by atoms with Gasteiger partial charge in [-0.1, -0.05) is 18.2 Å². The fraction of sp³-hybridized carbons (Fsp3) is 0.259. The third-order valence-corrected chi connectivity index (χ3v) is 5.84. The number of ether oxygens (including phenoxy) is 1. The minimum Gasteiger partial charge on any atom is -0.465 e. The number of carbonyl (C=O) groups excluding carboxylic acids is 5. The van der Waals surface area contributed by atoms with Gasteiger partial charge in [-0.05, 0) is 42.3 Å². The summed E-state index contributed by atoms with van der Waals surface area (Å²) in [5.74, 6) is -2.66. The summed E-state index contributed by atoms with van der Waals surface area (Å²) in [6.07, 6.45) is 2.37. The van der Waals surface area contributed by atoms with Crippen LogP contribution in [0.15, 0.2) is 54.7 Å². The summed E-state index contributed by atoms with van der Waals surface area (Å²) in [6, 6.07) is 11.4. The van der Waals surface area contributed by atoms with Crippen molar-refractivity contribution >= 4 is 52.3 Å². The number of hydrogen-bond acceptors (Lipinski definition) is 7. The van der Waals surface area contributed by atoms with Gasteiger partial charge in [0.15, 0.2) is 5.78 Å². The lowest BCUT2D eigenvalue weighted by atomic mass is 10.0. The van der Waals surface area contributed by atoms with E-state index in [-0.39, 0.29) is 19.3 Å². The predicted molar refractivity (Wildman–Crippen MR) is 141 cm³/mol. The molecule has 1 aromatic heterocycles. The number of H-pyrrole nitrogens is 1. The Morgan fingerprint density at radius 2 is 1.68 bits per heavy atom. The zero-order chi connectivity index (χ0) is 27.7. The van der Waals surface area contributed by atoms with Crippen molar-refractivity contribution in [1.29, 1.82) is 5.41 Å². The first-order valence-electron chi connectivity index (χ1n) is 11.9. The highest BCUT2D eigenvalue weighted by Crippen LogP contribution is 2.19. The number of Topliss-reactive ketones (excluding diaryl/α,β-unsaturated/α-hetero) is 1. The summed E-state index contributed by atoms with van der Waals surface area (Å²) in [7, 11) is 1.26. The molecular weight excluding hydrogens is 490 g/mol. The molecule has 0 aliphatic carbocycles. The molecule has 1 heterocycles. The normalized spacial score (nSPS) is 12.2. The minimum absolute atomic E-state index is 0.0636. The Kier molecular flexibility index (Phi) is 9.47. The van der Waals surface area contributed by atoms with Gasteiger partial charge >= 0.3 is 5.97 Å². The number of fused-ring (bicyclic) bond motifs is 1. The van der Waals surface area contributed by atoms with E-state index in [4.69, 9.17) is 5.41 Å². The Hall–Kier alpha value is -4.80. The first kappa shape index (κ1) is 27.8. The SMILES string of the molecule is COC(=O)c1ccc(NC(=O)C(CCC(=O)C=N)NC(=O)[C@H](Cc2c[nH]c3ccccc23)NC(C)=O)cc1. The molecule has 3 rings (SSSR count). The molecular formula is C27H29N5O6. The molecule has 11 heteroatoms. The number of benzene rings is 2. The number of aromatic nitrogens is 1. The topological polar surface area (TPSA) is 170 Å². The van der Waals surface area contributed by atoms with Crippen LogP contribution in [0.5, 0.6) is 0 Å². The number of para-hydroxylation sites is 1. The monoisotopic (exact) mass is 519 g/mol. The van der Waals surface area contributed by atoms with Crippen LogP contribution in [-0.4, -0.2) is 59.9 Å². The number of methoxy groups -OCH3 is 1. The second kappa shape index (κ2) is 12.9.